The molecule has 2 nitrogen and oxygen atoms in total. The molecule has 1 aromatic carbocycles. The standard InChI is InChI=1S/C17H26FNO/c1-13(2)7-8-20-12-16-9-15(5-6-17(16)18)11-19-10-14(3)4/h5-6,9,14,19H,1,7-8,10-12H2,2-4H3. The maximum absolute atomic E-state index is 13.7. The van der Waals surface area contributed by atoms with Gasteiger partial charge in [-0.3, -0.25) is 0 Å². The van der Waals surface area contributed by atoms with Crippen molar-refractivity contribution in [2.75, 3.05) is 13.2 Å². The number of halogens is 1. The first-order valence-corrected chi connectivity index (χ1v) is 7.19. The molecule has 0 bridgehead atoms. The topological polar surface area (TPSA) is 21.3 Å². The number of rotatable bonds is 9. The van der Waals surface area contributed by atoms with Gasteiger partial charge in [0, 0.05) is 12.1 Å². The van der Waals surface area contributed by atoms with Crippen molar-refractivity contribution in [1.29, 1.82) is 0 Å². The summed E-state index contributed by atoms with van der Waals surface area (Å²) in [5.41, 5.74) is 2.79. The smallest absolute Gasteiger partial charge is 0.128 e. The van der Waals surface area contributed by atoms with Crippen LogP contribution in [0.2, 0.25) is 0 Å². The third-order valence-corrected chi connectivity index (χ3v) is 2.92. The number of hydrogen-bond acceptors (Lipinski definition) is 2. The second kappa shape index (κ2) is 8.88. The van der Waals surface area contributed by atoms with Crippen molar-refractivity contribution in [2.45, 2.75) is 40.3 Å². The van der Waals surface area contributed by atoms with Crippen LogP contribution in [-0.2, 0) is 17.9 Å². The molecule has 1 aromatic rings. The van der Waals surface area contributed by atoms with Gasteiger partial charge in [0.2, 0.25) is 0 Å². The Morgan fingerprint density at radius 2 is 2.15 bits per heavy atom. The lowest BCUT2D eigenvalue weighted by atomic mass is 10.1. The lowest BCUT2D eigenvalue weighted by Crippen LogP contribution is -2.19. The molecule has 0 radical (unpaired) electrons. The second-order valence-corrected chi connectivity index (χ2v) is 5.71. The molecule has 0 fully saturated rings. The molecule has 0 saturated heterocycles. The fourth-order valence-corrected chi connectivity index (χ4v) is 1.78. The SMILES string of the molecule is C=C(C)CCOCc1cc(CNCC(C)C)ccc1F. The van der Waals surface area contributed by atoms with Crippen molar-refractivity contribution in [3.63, 3.8) is 0 Å². The third kappa shape index (κ3) is 6.83. The van der Waals surface area contributed by atoms with Crippen LogP contribution in [0.1, 0.15) is 38.3 Å². The van der Waals surface area contributed by atoms with E-state index in [2.05, 4.69) is 25.7 Å². The highest BCUT2D eigenvalue weighted by atomic mass is 19.1. The molecule has 1 N–H and O–H groups in total. The molecule has 0 heterocycles. The summed E-state index contributed by atoms with van der Waals surface area (Å²) in [5, 5.41) is 3.36. The average Bonchev–Trinajstić information content (AvgIpc) is 2.37. The lowest BCUT2D eigenvalue weighted by Gasteiger charge is -2.10. The summed E-state index contributed by atoms with van der Waals surface area (Å²) in [5.74, 6) is 0.410. The van der Waals surface area contributed by atoms with E-state index < -0.39 is 0 Å². The van der Waals surface area contributed by atoms with Crippen molar-refractivity contribution in [3.8, 4) is 0 Å². The van der Waals surface area contributed by atoms with E-state index in [1.165, 1.54) is 6.07 Å². The molecule has 0 spiro atoms. The molecule has 0 aliphatic rings. The highest BCUT2D eigenvalue weighted by molar-refractivity contribution is 5.24. The van der Waals surface area contributed by atoms with Crippen LogP contribution in [0.15, 0.2) is 30.4 Å². The van der Waals surface area contributed by atoms with Crippen LogP contribution in [-0.4, -0.2) is 13.2 Å². The Bertz CT molecular complexity index is 429. The van der Waals surface area contributed by atoms with Gasteiger partial charge in [-0.1, -0.05) is 25.5 Å². The Kier molecular flexibility index (Phi) is 7.48. The quantitative estimate of drug-likeness (QED) is 0.544. The molecule has 1 rings (SSSR count). The van der Waals surface area contributed by atoms with E-state index in [1.807, 2.05) is 19.1 Å². The maximum atomic E-state index is 13.7. The van der Waals surface area contributed by atoms with Gasteiger partial charge in [-0.05, 0) is 43.5 Å². The van der Waals surface area contributed by atoms with Gasteiger partial charge in [0.15, 0.2) is 0 Å². The van der Waals surface area contributed by atoms with E-state index in [-0.39, 0.29) is 5.82 Å². The minimum atomic E-state index is -0.201. The van der Waals surface area contributed by atoms with E-state index in [9.17, 15) is 4.39 Å². The molecule has 0 aromatic heterocycles. The van der Waals surface area contributed by atoms with Crippen LogP contribution in [0.25, 0.3) is 0 Å². The summed E-state index contributed by atoms with van der Waals surface area (Å²) < 4.78 is 19.2. The molecule has 0 amide bonds. The first-order valence-electron chi connectivity index (χ1n) is 7.19. The minimum Gasteiger partial charge on any atom is -0.376 e. The first kappa shape index (κ1) is 16.9. The summed E-state index contributed by atoms with van der Waals surface area (Å²) in [6.07, 6.45) is 0.817. The molecular weight excluding hydrogens is 253 g/mol. The number of hydrogen-bond donors (Lipinski definition) is 1. The Labute approximate surface area is 122 Å². The predicted molar refractivity (Wildman–Crippen MR) is 82.0 cm³/mol. The summed E-state index contributed by atoms with van der Waals surface area (Å²) in [6, 6.07) is 5.22. The first-order chi connectivity index (χ1) is 9.49. The van der Waals surface area contributed by atoms with Crippen molar-refractivity contribution in [1.82, 2.24) is 5.32 Å². The summed E-state index contributed by atoms with van der Waals surface area (Å²) >= 11 is 0. The predicted octanol–water partition coefficient (Wildman–Crippen LogP) is 4.05. The second-order valence-electron chi connectivity index (χ2n) is 5.71. The molecule has 112 valence electrons. The summed E-state index contributed by atoms with van der Waals surface area (Å²) in [7, 11) is 0. The monoisotopic (exact) mass is 279 g/mol. The Morgan fingerprint density at radius 1 is 1.40 bits per heavy atom. The van der Waals surface area contributed by atoms with Crippen LogP contribution >= 0.6 is 0 Å². The highest BCUT2D eigenvalue weighted by Crippen LogP contribution is 2.12. The third-order valence-electron chi connectivity index (χ3n) is 2.92. The molecule has 0 saturated carbocycles. The van der Waals surface area contributed by atoms with Gasteiger partial charge < -0.3 is 10.1 Å². The fourth-order valence-electron chi connectivity index (χ4n) is 1.78. The van der Waals surface area contributed by atoms with E-state index in [1.54, 1.807) is 0 Å². The number of nitrogens with one attached hydrogen (secondary N) is 1. The zero-order chi connectivity index (χ0) is 15.0. The van der Waals surface area contributed by atoms with Crippen molar-refractivity contribution in [3.05, 3.63) is 47.3 Å². The van der Waals surface area contributed by atoms with Gasteiger partial charge in [-0.2, -0.15) is 0 Å². The summed E-state index contributed by atoms with van der Waals surface area (Å²) in [4.78, 5) is 0. The number of benzene rings is 1. The highest BCUT2D eigenvalue weighted by Gasteiger charge is 2.04. The van der Waals surface area contributed by atoms with Crippen LogP contribution in [0.5, 0.6) is 0 Å². The lowest BCUT2D eigenvalue weighted by molar-refractivity contribution is 0.121. The number of ether oxygens (including phenoxy) is 1. The van der Waals surface area contributed by atoms with Crippen LogP contribution in [0.4, 0.5) is 4.39 Å². The van der Waals surface area contributed by atoms with Crippen molar-refractivity contribution in [2.24, 2.45) is 5.92 Å². The van der Waals surface area contributed by atoms with Crippen molar-refractivity contribution < 1.29 is 9.13 Å². The summed E-state index contributed by atoms with van der Waals surface area (Å²) in [6.45, 7) is 12.7. The molecular formula is C17H26FNO. The van der Waals surface area contributed by atoms with E-state index in [0.717, 1.165) is 30.6 Å². The van der Waals surface area contributed by atoms with Gasteiger partial charge in [0.25, 0.3) is 0 Å². The van der Waals surface area contributed by atoms with E-state index in [4.69, 9.17) is 4.74 Å². The van der Waals surface area contributed by atoms with Gasteiger partial charge >= 0.3 is 0 Å². The molecule has 0 aliphatic carbocycles. The molecule has 20 heavy (non-hydrogen) atoms. The van der Waals surface area contributed by atoms with E-state index in [0.29, 0.717) is 24.7 Å². The van der Waals surface area contributed by atoms with Gasteiger partial charge in [-0.25, -0.2) is 4.39 Å². The maximum Gasteiger partial charge on any atom is 0.128 e. The molecule has 0 atom stereocenters. The van der Waals surface area contributed by atoms with Gasteiger partial charge in [0.05, 0.1) is 13.2 Å². The average molecular weight is 279 g/mol. The zero-order valence-electron chi connectivity index (χ0n) is 12.8. The van der Waals surface area contributed by atoms with Gasteiger partial charge in [0.1, 0.15) is 5.82 Å². The Morgan fingerprint density at radius 3 is 2.80 bits per heavy atom. The zero-order valence-corrected chi connectivity index (χ0v) is 12.8. The van der Waals surface area contributed by atoms with Crippen LogP contribution in [0, 0.1) is 11.7 Å². The Hall–Kier alpha value is -1.19. The minimum absolute atomic E-state index is 0.201. The normalized spacial score (nSPS) is 11.1. The Balaban J connectivity index is 2.46. The van der Waals surface area contributed by atoms with Crippen LogP contribution < -0.4 is 5.32 Å². The van der Waals surface area contributed by atoms with Crippen LogP contribution in [0.3, 0.4) is 0 Å². The van der Waals surface area contributed by atoms with Gasteiger partial charge in [-0.15, -0.1) is 6.58 Å². The van der Waals surface area contributed by atoms with Crippen molar-refractivity contribution >= 4 is 0 Å². The molecule has 3 heteroatoms. The molecule has 0 aliphatic heterocycles. The fraction of sp³-hybridized carbons (Fsp3) is 0.529. The van der Waals surface area contributed by atoms with E-state index >= 15 is 0 Å². The largest absolute Gasteiger partial charge is 0.376 e. The molecule has 0 unspecified atom stereocenters.